The minimum Gasteiger partial charge on any atom is -0.381 e. The Kier molecular flexibility index (Phi) is 5.53. The molecule has 8 heteroatoms. The molecule has 1 saturated heterocycles. The van der Waals surface area contributed by atoms with Crippen LogP contribution in [0.5, 0.6) is 0 Å². The molecule has 0 saturated carbocycles. The van der Waals surface area contributed by atoms with Crippen LogP contribution < -0.4 is 10.5 Å². The van der Waals surface area contributed by atoms with Gasteiger partial charge in [-0.05, 0) is 31.7 Å². The highest BCUT2D eigenvalue weighted by atomic mass is 32.2. The molecule has 0 radical (unpaired) electrons. The summed E-state index contributed by atoms with van der Waals surface area (Å²) in [5.74, 6) is 0.353. The summed E-state index contributed by atoms with van der Waals surface area (Å²) in [7, 11) is -3.47. The third-order valence-electron chi connectivity index (χ3n) is 3.41. The summed E-state index contributed by atoms with van der Waals surface area (Å²) in [4.78, 5) is 0.210. The van der Waals surface area contributed by atoms with E-state index in [0.29, 0.717) is 38.8 Å². The Morgan fingerprint density at radius 1 is 1.45 bits per heavy atom. The third kappa shape index (κ3) is 4.27. The number of hydrogen-bond donors (Lipinski definition) is 2. The molecule has 0 amide bonds. The largest absolute Gasteiger partial charge is 0.381 e. The van der Waals surface area contributed by atoms with Crippen LogP contribution in [0.2, 0.25) is 0 Å². The second-order valence-corrected chi connectivity index (χ2v) is 6.76. The fourth-order valence-electron chi connectivity index (χ4n) is 2.12. The zero-order chi connectivity index (χ0) is 14.4. The van der Waals surface area contributed by atoms with Crippen LogP contribution >= 0.6 is 0 Å². The van der Waals surface area contributed by atoms with Crippen LogP contribution in [0.1, 0.15) is 19.3 Å². The van der Waals surface area contributed by atoms with Gasteiger partial charge >= 0.3 is 0 Å². The number of aromatic nitrogens is 2. The van der Waals surface area contributed by atoms with Gasteiger partial charge in [0.25, 0.3) is 0 Å². The third-order valence-corrected chi connectivity index (χ3v) is 4.79. The maximum Gasteiger partial charge on any atom is 0.243 e. The summed E-state index contributed by atoms with van der Waals surface area (Å²) in [5, 5.41) is 4.04. The molecular formula is C12H22N4O3S. The van der Waals surface area contributed by atoms with E-state index in [4.69, 9.17) is 10.5 Å². The predicted molar refractivity (Wildman–Crippen MR) is 74.6 cm³/mol. The van der Waals surface area contributed by atoms with Crippen molar-refractivity contribution in [2.75, 3.05) is 26.3 Å². The molecule has 0 unspecified atom stereocenters. The minimum absolute atomic E-state index is 0.210. The molecule has 0 spiro atoms. The lowest BCUT2D eigenvalue weighted by atomic mass is 10.0. The first-order valence-corrected chi connectivity index (χ1v) is 8.40. The van der Waals surface area contributed by atoms with Crippen molar-refractivity contribution in [2.45, 2.75) is 30.7 Å². The summed E-state index contributed by atoms with van der Waals surface area (Å²) >= 11 is 0. The number of hydrogen-bond acceptors (Lipinski definition) is 5. The van der Waals surface area contributed by atoms with Crippen molar-refractivity contribution in [1.82, 2.24) is 14.5 Å². The first kappa shape index (κ1) is 15.4. The SMILES string of the molecule is NCCCn1cc(S(=O)(=O)NCC2CCOCC2)cn1. The maximum atomic E-state index is 12.1. The normalized spacial score (nSPS) is 17.4. The standard InChI is InChI=1S/C12H22N4O3S/c13-4-1-5-16-10-12(9-14-16)20(17,18)15-8-11-2-6-19-7-3-11/h9-11,15H,1-8,13H2. The van der Waals surface area contributed by atoms with Crippen LogP contribution in [-0.4, -0.2) is 44.5 Å². The predicted octanol–water partition coefficient (Wildman–Crippen LogP) is -0.0632. The Labute approximate surface area is 119 Å². The second kappa shape index (κ2) is 7.16. The van der Waals surface area contributed by atoms with Gasteiger partial charge < -0.3 is 10.5 Å². The van der Waals surface area contributed by atoms with Crippen LogP contribution in [0.4, 0.5) is 0 Å². The number of sulfonamides is 1. The Morgan fingerprint density at radius 2 is 2.20 bits per heavy atom. The molecular weight excluding hydrogens is 280 g/mol. The van der Waals surface area contributed by atoms with E-state index in [1.165, 1.54) is 6.20 Å². The monoisotopic (exact) mass is 302 g/mol. The highest BCUT2D eigenvalue weighted by molar-refractivity contribution is 7.89. The van der Waals surface area contributed by atoms with Crippen molar-refractivity contribution >= 4 is 10.0 Å². The fourth-order valence-corrected chi connectivity index (χ4v) is 3.19. The topological polar surface area (TPSA) is 99.2 Å². The van der Waals surface area contributed by atoms with Gasteiger partial charge in [0.1, 0.15) is 4.90 Å². The molecule has 20 heavy (non-hydrogen) atoms. The molecule has 3 N–H and O–H groups in total. The smallest absolute Gasteiger partial charge is 0.243 e. The van der Waals surface area contributed by atoms with Gasteiger partial charge in [0.15, 0.2) is 0 Å². The molecule has 1 fully saturated rings. The van der Waals surface area contributed by atoms with E-state index in [0.717, 1.165) is 19.3 Å². The molecule has 1 aromatic heterocycles. The Hall–Kier alpha value is -0.960. The van der Waals surface area contributed by atoms with Gasteiger partial charge in [-0.1, -0.05) is 0 Å². The van der Waals surface area contributed by atoms with Gasteiger partial charge in [-0.15, -0.1) is 0 Å². The van der Waals surface area contributed by atoms with E-state index < -0.39 is 10.0 Å². The van der Waals surface area contributed by atoms with Crippen LogP contribution in [0, 0.1) is 5.92 Å². The Morgan fingerprint density at radius 3 is 2.90 bits per heavy atom. The van der Waals surface area contributed by atoms with Crippen molar-refractivity contribution in [3.05, 3.63) is 12.4 Å². The second-order valence-electron chi connectivity index (χ2n) is 4.99. The van der Waals surface area contributed by atoms with Crippen LogP contribution in [-0.2, 0) is 21.3 Å². The highest BCUT2D eigenvalue weighted by Gasteiger charge is 2.20. The number of ether oxygens (including phenoxy) is 1. The van der Waals surface area contributed by atoms with Gasteiger partial charge in [0.2, 0.25) is 10.0 Å². The van der Waals surface area contributed by atoms with Crippen LogP contribution in [0.3, 0.4) is 0 Å². The van der Waals surface area contributed by atoms with Crippen LogP contribution in [0.25, 0.3) is 0 Å². The number of nitrogens with zero attached hydrogens (tertiary/aromatic N) is 2. The Bertz CT molecular complexity index is 509. The number of rotatable bonds is 7. The average molecular weight is 302 g/mol. The fraction of sp³-hybridized carbons (Fsp3) is 0.750. The molecule has 0 aromatic carbocycles. The van der Waals surface area contributed by atoms with Gasteiger partial charge in [-0.25, -0.2) is 13.1 Å². The first-order chi connectivity index (χ1) is 9.62. The quantitative estimate of drug-likeness (QED) is 0.735. The molecule has 0 aliphatic carbocycles. The average Bonchev–Trinajstić information content (AvgIpc) is 2.94. The first-order valence-electron chi connectivity index (χ1n) is 6.92. The van der Waals surface area contributed by atoms with Gasteiger partial charge in [0, 0.05) is 32.5 Å². The summed E-state index contributed by atoms with van der Waals surface area (Å²) in [6, 6.07) is 0. The highest BCUT2D eigenvalue weighted by Crippen LogP contribution is 2.15. The molecule has 1 aromatic rings. The molecule has 2 heterocycles. The summed E-state index contributed by atoms with van der Waals surface area (Å²) in [6.07, 6.45) is 5.50. The maximum absolute atomic E-state index is 12.1. The molecule has 0 bridgehead atoms. The molecule has 7 nitrogen and oxygen atoms in total. The lowest BCUT2D eigenvalue weighted by molar-refractivity contribution is 0.0678. The molecule has 114 valence electrons. The number of nitrogens with one attached hydrogen (secondary N) is 1. The molecule has 1 aliphatic rings. The van der Waals surface area contributed by atoms with Crippen molar-refractivity contribution < 1.29 is 13.2 Å². The summed E-state index contributed by atoms with van der Waals surface area (Å²) in [6.45, 7) is 3.07. The van der Waals surface area contributed by atoms with E-state index in [-0.39, 0.29) is 4.90 Å². The lowest BCUT2D eigenvalue weighted by Gasteiger charge is -2.21. The molecule has 2 rings (SSSR count). The molecule has 1 aliphatic heterocycles. The van der Waals surface area contributed by atoms with Gasteiger partial charge in [-0.2, -0.15) is 5.10 Å². The van der Waals surface area contributed by atoms with Crippen LogP contribution in [0.15, 0.2) is 17.3 Å². The van der Waals surface area contributed by atoms with Crippen molar-refractivity contribution in [1.29, 1.82) is 0 Å². The van der Waals surface area contributed by atoms with E-state index >= 15 is 0 Å². The van der Waals surface area contributed by atoms with Gasteiger partial charge in [0.05, 0.1) is 6.20 Å². The van der Waals surface area contributed by atoms with E-state index in [2.05, 4.69) is 9.82 Å². The van der Waals surface area contributed by atoms with Crippen molar-refractivity contribution in [3.8, 4) is 0 Å². The lowest BCUT2D eigenvalue weighted by Crippen LogP contribution is -2.32. The zero-order valence-corrected chi connectivity index (χ0v) is 12.3. The van der Waals surface area contributed by atoms with Crippen molar-refractivity contribution in [3.63, 3.8) is 0 Å². The van der Waals surface area contributed by atoms with E-state index in [1.807, 2.05) is 0 Å². The Balaban J connectivity index is 1.90. The molecule has 0 atom stereocenters. The number of nitrogens with two attached hydrogens (primary N) is 1. The zero-order valence-electron chi connectivity index (χ0n) is 11.5. The number of aryl methyl sites for hydroxylation is 1. The summed E-state index contributed by atoms with van der Waals surface area (Å²) in [5.41, 5.74) is 5.42. The summed E-state index contributed by atoms with van der Waals surface area (Å²) < 4.78 is 33.8. The van der Waals surface area contributed by atoms with E-state index in [1.54, 1.807) is 10.9 Å². The minimum atomic E-state index is -3.47. The van der Waals surface area contributed by atoms with E-state index in [9.17, 15) is 8.42 Å². The van der Waals surface area contributed by atoms with Crippen molar-refractivity contribution in [2.24, 2.45) is 11.7 Å². The van der Waals surface area contributed by atoms with Gasteiger partial charge in [-0.3, -0.25) is 4.68 Å².